The van der Waals surface area contributed by atoms with E-state index in [0.717, 1.165) is 16.1 Å². The van der Waals surface area contributed by atoms with E-state index in [2.05, 4.69) is 15.5 Å². The molecule has 7 heteroatoms. The second-order valence-electron chi connectivity index (χ2n) is 4.84. The van der Waals surface area contributed by atoms with Crippen LogP contribution < -0.4 is 10.1 Å². The van der Waals surface area contributed by atoms with Gasteiger partial charge >= 0.3 is 0 Å². The summed E-state index contributed by atoms with van der Waals surface area (Å²) < 4.78 is 10.6. The zero-order chi connectivity index (χ0) is 16.8. The van der Waals surface area contributed by atoms with Crippen LogP contribution in [0.4, 0.5) is 5.69 Å². The normalized spacial score (nSPS) is 10.4. The number of aromatic nitrogens is 2. The first-order valence-electron chi connectivity index (χ1n) is 7.18. The lowest BCUT2D eigenvalue weighted by Crippen LogP contribution is -2.20. The molecular formula is C17H15N3O3S. The van der Waals surface area contributed by atoms with Gasteiger partial charge in [0.25, 0.3) is 5.91 Å². The van der Waals surface area contributed by atoms with Crippen LogP contribution in [0.2, 0.25) is 0 Å². The minimum atomic E-state index is -0.214. The summed E-state index contributed by atoms with van der Waals surface area (Å²) in [4.78, 5) is 13.1. The van der Waals surface area contributed by atoms with Crippen LogP contribution in [0.3, 0.4) is 0 Å². The van der Waals surface area contributed by atoms with Crippen LogP contribution in [-0.2, 0) is 4.79 Å². The molecule has 1 aromatic heterocycles. The number of ether oxygens (including phenoxy) is 1. The maximum atomic E-state index is 12.0. The molecule has 1 heterocycles. The Morgan fingerprint density at radius 2 is 2.08 bits per heavy atom. The van der Waals surface area contributed by atoms with Crippen LogP contribution >= 0.6 is 11.8 Å². The predicted octanol–water partition coefficient (Wildman–Crippen LogP) is 3.48. The summed E-state index contributed by atoms with van der Waals surface area (Å²) in [5.74, 6) is 0.813. The summed E-state index contributed by atoms with van der Waals surface area (Å²) in [6.45, 7) is -0.0661. The number of rotatable bonds is 6. The molecule has 0 spiro atoms. The number of carbonyl (C=O) groups is 1. The van der Waals surface area contributed by atoms with Gasteiger partial charge in [0.2, 0.25) is 12.3 Å². The minimum Gasteiger partial charge on any atom is -0.484 e. The summed E-state index contributed by atoms with van der Waals surface area (Å²) in [7, 11) is 0. The standard InChI is InChI=1S/C17H15N3O3S/c1-24-15-4-2-3-13(9-15)19-16(21)10-22-14-7-5-12(6-8-14)17-20-18-11-23-17/h2-9,11H,10H2,1H3,(H,19,21). The van der Waals surface area contributed by atoms with Gasteiger partial charge in [0.1, 0.15) is 5.75 Å². The van der Waals surface area contributed by atoms with Gasteiger partial charge in [-0.3, -0.25) is 4.79 Å². The number of nitrogens with zero attached hydrogens (tertiary/aromatic N) is 2. The van der Waals surface area contributed by atoms with E-state index < -0.39 is 0 Å². The van der Waals surface area contributed by atoms with Crippen molar-refractivity contribution >= 4 is 23.4 Å². The molecule has 6 nitrogen and oxygen atoms in total. The minimum absolute atomic E-state index is 0.0661. The zero-order valence-corrected chi connectivity index (χ0v) is 13.7. The van der Waals surface area contributed by atoms with Crippen molar-refractivity contribution in [2.45, 2.75) is 4.90 Å². The first kappa shape index (κ1) is 16.1. The fourth-order valence-corrected chi connectivity index (χ4v) is 2.50. The summed E-state index contributed by atoms with van der Waals surface area (Å²) >= 11 is 1.62. The maximum Gasteiger partial charge on any atom is 0.262 e. The molecule has 2 aromatic carbocycles. The molecule has 1 amide bonds. The number of amides is 1. The number of hydrogen-bond acceptors (Lipinski definition) is 6. The summed E-state index contributed by atoms with van der Waals surface area (Å²) in [5, 5.41) is 10.3. The van der Waals surface area contributed by atoms with Crippen molar-refractivity contribution in [2.24, 2.45) is 0 Å². The molecule has 0 unspecified atom stereocenters. The van der Waals surface area contributed by atoms with Crippen molar-refractivity contribution in [3.63, 3.8) is 0 Å². The van der Waals surface area contributed by atoms with Gasteiger partial charge < -0.3 is 14.5 Å². The van der Waals surface area contributed by atoms with Crippen LogP contribution in [0.5, 0.6) is 5.75 Å². The Bertz CT molecular complexity index is 804. The Kier molecular flexibility index (Phi) is 5.12. The second-order valence-corrected chi connectivity index (χ2v) is 5.72. The van der Waals surface area contributed by atoms with Gasteiger partial charge in [-0.15, -0.1) is 22.0 Å². The Balaban J connectivity index is 1.54. The average Bonchev–Trinajstić information content (AvgIpc) is 3.15. The predicted molar refractivity (Wildman–Crippen MR) is 92.1 cm³/mol. The third kappa shape index (κ3) is 4.14. The molecule has 0 fully saturated rings. The van der Waals surface area contributed by atoms with Gasteiger partial charge in [-0.25, -0.2) is 0 Å². The third-order valence-corrected chi connectivity index (χ3v) is 3.91. The summed E-state index contributed by atoms with van der Waals surface area (Å²) in [6, 6.07) is 14.7. The number of benzene rings is 2. The highest BCUT2D eigenvalue weighted by atomic mass is 32.2. The van der Waals surface area contributed by atoms with Crippen LogP contribution in [-0.4, -0.2) is 29.0 Å². The number of nitrogens with one attached hydrogen (secondary N) is 1. The van der Waals surface area contributed by atoms with Crippen molar-refractivity contribution in [1.82, 2.24) is 10.2 Å². The molecule has 0 radical (unpaired) electrons. The molecule has 3 rings (SSSR count). The fourth-order valence-electron chi connectivity index (χ4n) is 2.04. The quantitative estimate of drug-likeness (QED) is 0.692. The van der Waals surface area contributed by atoms with E-state index in [1.807, 2.05) is 30.5 Å². The number of carbonyl (C=O) groups excluding carboxylic acids is 1. The SMILES string of the molecule is CSc1cccc(NC(=O)COc2ccc(-c3nnco3)cc2)c1. The molecule has 0 atom stereocenters. The van der Waals surface area contributed by atoms with Crippen molar-refractivity contribution in [3.8, 4) is 17.2 Å². The summed E-state index contributed by atoms with van der Waals surface area (Å²) in [5.41, 5.74) is 1.54. The highest BCUT2D eigenvalue weighted by Gasteiger charge is 2.06. The van der Waals surface area contributed by atoms with Crippen molar-refractivity contribution in [3.05, 3.63) is 54.9 Å². The summed E-state index contributed by atoms with van der Waals surface area (Å²) in [6.07, 6.45) is 3.26. The van der Waals surface area contributed by atoms with Crippen LogP contribution in [0, 0.1) is 0 Å². The monoisotopic (exact) mass is 341 g/mol. The van der Waals surface area contributed by atoms with E-state index in [4.69, 9.17) is 9.15 Å². The molecule has 24 heavy (non-hydrogen) atoms. The van der Waals surface area contributed by atoms with Gasteiger partial charge in [0.05, 0.1) is 0 Å². The number of anilines is 1. The first-order chi connectivity index (χ1) is 11.7. The van der Waals surface area contributed by atoms with Crippen LogP contribution in [0.25, 0.3) is 11.5 Å². The molecule has 0 saturated carbocycles. The first-order valence-corrected chi connectivity index (χ1v) is 8.40. The highest BCUT2D eigenvalue weighted by molar-refractivity contribution is 7.98. The Hall–Kier alpha value is -2.80. The third-order valence-electron chi connectivity index (χ3n) is 3.18. The zero-order valence-electron chi connectivity index (χ0n) is 12.9. The maximum absolute atomic E-state index is 12.0. The Morgan fingerprint density at radius 3 is 2.79 bits per heavy atom. The van der Waals surface area contributed by atoms with Crippen molar-refractivity contribution in [1.29, 1.82) is 0 Å². The number of hydrogen-bond donors (Lipinski definition) is 1. The van der Waals surface area contributed by atoms with E-state index in [1.54, 1.807) is 36.0 Å². The van der Waals surface area contributed by atoms with Gasteiger partial charge in [0.15, 0.2) is 6.61 Å². The molecule has 0 aliphatic carbocycles. The largest absolute Gasteiger partial charge is 0.484 e. The average molecular weight is 341 g/mol. The molecule has 1 N–H and O–H groups in total. The molecule has 0 aliphatic rings. The van der Waals surface area contributed by atoms with Gasteiger partial charge in [-0.2, -0.15) is 0 Å². The molecular weight excluding hydrogens is 326 g/mol. The van der Waals surface area contributed by atoms with E-state index in [0.29, 0.717) is 11.6 Å². The van der Waals surface area contributed by atoms with Gasteiger partial charge in [0, 0.05) is 16.1 Å². The van der Waals surface area contributed by atoms with E-state index in [-0.39, 0.29) is 12.5 Å². The smallest absolute Gasteiger partial charge is 0.262 e. The van der Waals surface area contributed by atoms with Crippen LogP contribution in [0.15, 0.2) is 64.2 Å². The highest BCUT2D eigenvalue weighted by Crippen LogP contribution is 2.21. The topological polar surface area (TPSA) is 77.2 Å². The van der Waals surface area contributed by atoms with Crippen molar-refractivity contribution in [2.75, 3.05) is 18.2 Å². The van der Waals surface area contributed by atoms with E-state index in [9.17, 15) is 4.79 Å². The van der Waals surface area contributed by atoms with Crippen LogP contribution in [0.1, 0.15) is 0 Å². The fraction of sp³-hybridized carbons (Fsp3) is 0.118. The molecule has 3 aromatic rings. The molecule has 0 bridgehead atoms. The Morgan fingerprint density at radius 1 is 1.25 bits per heavy atom. The van der Waals surface area contributed by atoms with Gasteiger partial charge in [-0.1, -0.05) is 6.07 Å². The molecule has 0 saturated heterocycles. The van der Waals surface area contributed by atoms with E-state index in [1.165, 1.54) is 6.39 Å². The lowest BCUT2D eigenvalue weighted by Gasteiger charge is -2.08. The van der Waals surface area contributed by atoms with Crippen molar-refractivity contribution < 1.29 is 13.9 Å². The Labute approximate surface area is 143 Å². The van der Waals surface area contributed by atoms with Gasteiger partial charge in [-0.05, 0) is 48.7 Å². The number of thioether (sulfide) groups is 1. The molecule has 122 valence electrons. The lowest BCUT2D eigenvalue weighted by molar-refractivity contribution is -0.118. The second kappa shape index (κ2) is 7.65. The van der Waals surface area contributed by atoms with E-state index >= 15 is 0 Å². The molecule has 0 aliphatic heterocycles. The lowest BCUT2D eigenvalue weighted by atomic mass is 10.2.